The first kappa shape index (κ1) is 11.5. The van der Waals surface area contributed by atoms with Crippen molar-refractivity contribution >= 4 is 0 Å². The molecule has 0 aliphatic heterocycles. The second kappa shape index (κ2) is 6.10. The van der Waals surface area contributed by atoms with Crippen LogP contribution in [0.25, 0.3) is 0 Å². The third-order valence-corrected chi connectivity index (χ3v) is 2.18. The molecule has 0 aliphatic carbocycles. The fraction of sp³-hybridized carbons (Fsp3) is 0.818. The maximum Gasteiger partial charge on any atom is 0.0171 e. The molecule has 72 valence electrons. The highest BCUT2D eigenvalue weighted by Gasteiger charge is 1.97. The Morgan fingerprint density at radius 3 is 2.33 bits per heavy atom. The Hall–Kier alpha value is -0.460. The van der Waals surface area contributed by atoms with Crippen molar-refractivity contribution in [3.63, 3.8) is 0 Å². The Kier molecular flexibility index (Phi) is 5.87. The van der Waals surface area contributed by atoms with Crippen LogP contribution in [0.2, 0.25) is 0 Å². The summed E-state index contributed by atoms with van der Waals surface area (Å²) in [5.74, 6) is 0.847. The molecule has 1 nitrogen and oxygen atoms in total. The number of allylic oxidation sites excluding steroid dienone is 1. The van der Waals surface area contributed by atoms with Crippen LogP contribution in [0.5, 0.6) is 0 Å². The minimum atomic E-state index is 0.847. The van der Waals surface area contributed by atoms with Crippen LogP contribution in [-0.4, -0.2) is 18.5 Å². The average molecular weight is 169 g/mol. The fourth-order valence-corrected chi connectivity index (χ4v) is 1.09. The summed E-state index contributed by atoms with van der Waals surface area (Å²) in [4.78, 5) is 2.22. The molecule has 0 amide bonds. The van der Waals surface area contributed by atoms with E-state index >= 15 is 0 Å². The van der Waals surface area contributed by atoms with E-state index in [1.165, 1.54) is 25.0 Å². The van der Waals surface area contributed by atoms with Crippen molar-refractivity contribution in [3.8, 4) is 0 Å². The van der Waals surface area contributed by atoms with Gasteiger partial charge in [0.2, 0.25) is 0 Å². The number of nitrogens with zero attached hydrogens (tertiary/aromatic N) is 1. The molecule has 0 heterocycles. The maximum atomic E-state index is 3.89. The fourth-order valence-electron chi connectivity index (χ4n) is 1.09. The number of hydrogen-bond donors (Lipinski definition) is 0. The highest BCUT2D eigenvalue weighted by molar-refractivity contribution is 4.85. The molecule has 0 saturated carbocycles. The van der Waals surface area contributed by atoms with Gasteiger partial charge in [0.1, 0.15) is 0 Å². The van der Waals surface area contributed by atoms with Gasteiger partial charge in [-0.1, -0.05) is 33.3 Å². The molecular formula is C11H23N. The van der Waals surface area contributed by atoms with Crippen molar-refractivity contribution in [1.29, 1.82) is 0 Å². The Balaban J connectivity index is 3.25. The average Bonchev–Trinajstić information content (AvgIpc) is 1.97. The number of rotatable bonds is 6. The van der Waals surface area contributed by atoms with Crippen LogP contribution in [0.3, 0.4) is 0 Å². The molecule has 0 fully saturated rings. The highest BCUT2D eigenvalue weighted by Crippen LogP contribution is 2.07. The van der Waals surface area contributed by atoms with E-state index in [2.05, 4.69) is 39.3 Å². The summed E-state index contributed by atoms with van der Waals surface area (Å²) < 4.78 is 0. The highest BCUT2D eigenvalue weighted by atomic mass is 15.1. The van der Waals surface area contributed by atoms with Crippen molar-refractivity contribution < 1.29 is 0 Å². The summed E-state index contributed by atoms with van der Waals surface area (Å²) in [5, 5.41) is 0. The molecule has 0 rings (SSSR count). The molecule has 0 spiro atoms. The first-order valence-electron chi connectivity index (χ1n) is 4.90. The topological polar surface area (TPSA) is 3.24 Å². The van der Waals surface area contributed by atoms with Crippen LogP contribution in [0.1, 0.15) is 40.0 Å². The Bertz CT molecular complexity index is 127. The largest absolute Gasteiger partial charge is 0.379 e. The van der Waals surface area contributed by atoms with Gasteiger partial charge in [-0.3, -0.25) is 0 Å². The van der Waals surface area contributed by atoms with E-state index in [0.29, 0.717) is 0 Å². The normalized spacial score (nSPS) is 10.4. The lowest BCUT2D eigenvalue weighted by atomic mass is 10.1. The minimum absolute atomic E-state index is 0.847. The second-order valence-electron chi connectivity index (χ2n) is 4.05. The van der Waals surface area contributed by atoms with Crippen molar-refractivity contribution in [2.75, 3.05) is 13.6 Å². The first-order valence-corrected chi connectivity index (χ1v) is 4.90. The second-order valence-corrected chi connectivity index (χ2v) is 4.05. The van der Waals surface area contributed by atoms with Gasteiger partial charge in [-0.05, 0) is 19.3 Å². The van der Waals surface area contributed by atoms with E-state index in [1.807, 2.05) is 0 Å². The number of unbranched alkanes of at least 4 members (excludes halogenated alkanes) is 1. The van der Waals surface area contributed by atoms with E-state index in [4.69, 9.17) is 0 Å². The minimum Gasteiger partial charge on any atom is -0.379 e. The molecule has 0 atom stereocenters. The third-order valence-electron chi connectivity index (χ3n) is 2.18. The summed E-state index contributed by atoms with van der Waals surface area (Å²) in [6, 6.07) is 0. The lowest BCUT2D eigenvalue weighted by Crippen LogP contribution is -2.16. The van der Waals surface area contributed by atoms with Crippen LogP contribution >= 0.6 is 0 Å². The summed E-state index contributed by atoms with van der Waals surface area (Å²) in [6.45, 7) is 11.7. The van der Waals surface area contributed by atoms with Gasteiger partial charge in [0.15, 0.2) is 0 Å². The lowest BCUT2D eigenvalue weighted by Gasteiger charge is -2.18. The van der Waals surface area contributed by atoms with Crippen LogP contribution in [0.4, 0.5) is 0 Å². The third kappa shape index (κ3) is 6.26. The summed E-state index contributed by atoms with van der Waals surface area (Å²) in [7, 11) is 2.11. The van der Waals surface area contributed by atoms with Crippen LogP contribution < -0.4 is 0 Å². The molecule has 0 radical (unpaired) electrons. The molecule has 0 aromatic heterocycles. The predicted molar refractivity (Wildman–Crippen MR) is 56.1 cm³/mol. The van der Waals surface area contributed by atoms with Crippen LogP contribution in [-0.2, 0) is 0 Å². The SMILES string of the molecule is C=C(C)N(C)CCCCC(C)C. The number of hydrogen-bond acceptors (Lipinski definition) is 1. The molecular weight excluding hydrogens is 146 g/mol. The molecule has 0 aromatic rings. The molecule has 0 N–H and O–H groups in total. The molecule has 0 bridgehead atoms. The smallest absolute Gasteiger partial charge is 0.0171 e. The van der Waals surface area contributed by atoms with Crippen molar-refractivity contribution in [1.82, 2.24) is 4.90 Å². The Labute approximate surface area is 77.5 Å². The zero-order valence-corrected chi connectivity index (χ0v) is 9.06. The van der Waals surface area contributed by atoms with Crippen molar-refractivity contribution in [2.24, 2.45) is 5.92 Å². The van der Waals surface area contributed by atoms with Crippen LogP contribution in [0, 0.1) is 5.92 Å². The van der Waals surface area contributed by atoms with Gasteiger partial charge in [0.25, 0.3) is 0 Å². The predicted octanol–water partition coefficient (Wildman–Crippen LogP) is 3.28. The summed E-state index contributed by atoms with van der Waals surface area (Å²) >= 11 is 0. The van der Waals surface area contributed by atoms with Gasteiger partial charge < -0.3 is 4.90 Å². The lowest BCUT2D eigenvalue weighted by molar-refractivity contribution is 0.393. The van der Waals surface area contributed by atoms with Gasteiger partial charge >= 0.3 is 0 Å². The zero-order valence-electron chi connectivity index (χ0n) is 9.06. The molecule has 0 aromatic carbocycles. The Morgan fingerprint density at radius 2 is 1.92 bits per heavy atom. The van der Waals surface area contributed by atoms with E-state index in [0.717, 1.165) is 12.5 Å². The first-order chi connectivity index (χ1) is 5.54. The quantitative estimate of drug-likeness (QED) is 0.552. The summed E-state index contributed by atoms with van der Waals surface area (Å²) in [5.41, 5.74) is 1.17. The van der Waals surface area contributed by atoms with Gasteiger partial charge in [-0.25, -0.2) is 0 Å². The van der Waals surface area contributed by atoms with Gasteiger partial charge in [0, 0.05) is 19.3 Å². The van der Waals surface area contributed by atoms with E-state index in [1.54, 1.807) is 0 Å². The monoisotopic (exact) mass is 169 g/mol. The Morgan fingerprint density at radius 1 is 1.33 bits per heavy atom. The van der Waals surface area contributed by atoms with Gasteiger partial charge in [-0.2, -0.15) is 0 Å². The molecule has 0 aliphatic rings. The van der Waals surface area contributed by atoms with E-state index in [9.17, 15) is 0 Å². The standard InChI is InChI=1S/C11H23N/c1-10(2)8-6-7-9-12(5)11(3)4/h10H,3,6-9H2,1-2,4-5H3. The van der Waals surface area contributed by atoms with Crippen molar-refractivity contribution in [3.05, 3.63) is 12.3 Å². The van der Waals surface area contributed by atoms with E-state index in [-0.39, 0.29) is 0 Å². The van der Waals surface area contributed by atoms with Gasteiger partial charge in [0.05, 0.1) is 0 Å². The summed E-state index contributed by atoms with van der Waals surface area (Å²) in [6.07, 6.45) is 3.99. The maximum absolute atomic E-state index is 3.89. The molecule has 1 heteroatoms. The zero-order chi connectivity index (χ0) is 9.56. The van der Waals surface area contributed by atoms with E-state index < -0.39 is 0 Å². The molecule has 0 unspecified atom stereocenters. The molecule has 0 saturated heterocycles. The van der Waals surface area contributed by atoms with Gasteiger partial charge in [-0.15, -0.1) is 0 Å². The van der Waals surface area contributed by atoms with Crippen molar-refractivity contribution in [2.45, 2.75) is 40.0 Å². The van der Waals surface area contributed by atoms with Crippen LogP contribution in [0.15, 0.2) is 12.3 Å². The molecule has 12 heavy (non-hydrogen) atoms.